The predicted molar refractivity (Wildman–Crippen MR) is 47.0 cm³/mol. The van der Waals surface area contributed by atoms with E-state index in [1.807, 2.05) is 13.8 Å². The number of hydrogen-bond donors (Lipinski definition) is 2. The van der Waals surface area contributed by atoms with Crippen LogP contribution >= 0.6 is 0 Å². The quantitative estimate of drug-likeness (QED) is 0.704. The zero-order valence-electron chi connectivity index (χ0n) is 7.70. The molecule has 0 saturated heterocycles. The van der Waals surface area contributed by atoms with Gasteiger partial charge in [0.1, 0.15) is 0 Å². The molecule has 1 aromatic heterocycles. The van der Waals surface area contributed by atoms with Crippen molar-refractivity contribution in [2.45, 2.75) is 26.4 Å². The number of rotatable bonds is 3. The Morgan fingerprint density at radius 1 is 1.77 bits per heavy atom. The highest BCUT2D eigenvalue weighted by molar-refractivity contribution is 5.91. The molecular weight excluding hydrogens is 170 g/mol. The average molecular weight is 183 g/mol. The zero-order valence-corrected chi connectivity index (χ0v) is 7.70. The second-order valence-electron chi connectivity index (χ2n) is 2.95. The van der Waals surface area contributed by atoms with Crippen LogP contribution in [0.3, 0.4) is 0 Å². The molecule has 1 amide bonds. The molecule has 13 heavy (non-hydrogen) atoms. The standard InChI is InChI=1S/C8H13N3O2/c1-5(2)11-8(12)6-4-10-7(3-9)13-6/h4-5H,3,9H2,1-2H3,(H,11,12). The number of carbonyl (C=O) groups is 1. The van der Waals surface area contributed by atoms with Crippen LogP contribution in [0.15, 0.2) is 10.6 Å². The van der Waals surface area contributed by atoms with E-state index in [0.717, 1.165) is 0 Å². The molecule has 0 bridgehead atoms. The number of carbonyl (C=O) groups excluding carboxylic acids is 1. The van der Waals surface area contributed by atoms with Gasteiger partial charge in [-0.2, -0.15) is 0 Å². The van der Waals surface area contributed by atoms with E-state index in [0.29, 0.717) is 5.89 Å². The topological polar surface area (TPSA) is 81.2 Å². The Kier molecular flexibility index (Phi) is 3.02. The maximum absolute atomic E-state index is 11.3. The third-order valence-corrected chi connectivity index (χ3v) is 1.37. The van der Waals surface area contributed by atoms with Crippen molar-refractivity contribution in [1.82, 2.24) is 10.3 Å². The molecule has 0 unspecified atom stereocenters. The minimum Gasteiger partial charge on any atom is -0.434 e. The molecule has 0 aliphatic rings. The Morgan fingerprint density at radius 3 is 2.92 bits per heavy atom. The molecule has 0 radical (unpaired) electrons. The smallest absolute Gasteiger partial charge is 0.288 e. The van der Waals surface area contributed by atoms with Gasteiger partial charge in [-0.3, -0.25) is 4.79 Å². The molecule has 0 spiro atoms. The van der Waals surface area contributed by atoms with Crippen LogP contribution in [0.25, 0.3) is 0 Å². The summed E-state index contributed by atoms with van der Waals surface area (Å²) in [4.78, 5) is 15.1. The van der Waals surface area contributed by atoms with Crippen LogP contribution in [0, 0.1) is 0 Å². The van der Waals surface area contributed by atoms with Crippen LogP contribution < -0.4 is 11.1 Å². The van der Waals surface area contributed by atoms with Crippen molar-refractivity contribution in [3.63, 3.8) is 0 Å². The summed E-state index contributed by atoms with van der Waals surface area (Å²) >= 11 is 0. The highest BCUT2D eigenvalue weighted by Gasteiger charge is 2.11. The van der Waals surface area contributed by atoms with E-state index in [1.54, 1.807) is 0 Å². The van der Waals surface area contributed by atoms with E-state index < -0.39 is 0 Å². The molecule has 1 rings (SSSR count). The van der Waals surface area contributed by atoms with E-state index in [-0.39, 0.29) is 24.3 Å². The number of nitrogens with one attached hydrogen (secondary N) is 1. The first-order valence-corrected chi connectivity index (χ1v) is 4.09. The van der Waals surface area contributed by atoms with Gasteiger partial charge in [-0.05, 0) is 13.8 Å². The first-order chi connectivity index (χ1) is 6.13. The SMILES string of the molecule is CC(C)NC(=O)c1cnc(CN)o1. The fourth-order valence-corrected chi connectivity index (χ4v) is 0.843. The number of nitrogens with two attached hydrogens (primary N) is 1. The minimum absolute atomic E-state index is 0.0823. The van der Waals surface area contributed by atoms with Crippen LogP contribution in [0.2, 0.25) is 0 Å². The maximum Gasteiger partial charge on any atom is 0.288 e. The van der Waals surface area contributed by atoms with Gasteiger partial charge in [0, 0.05) is 6.04 Å². The van der Waals surface area contributed by atoms with Crippen LogP contribution in [0.1, 0.15) is 30.3 Å². The second-order valence-corrected chi connectivity index (χ2v) is 2.95. The summed E-state index contributed by atoms with van der Waals surface area (Å²) < 4.78 is 5.05. The van der Waals surface area contributed by atoms with E-state index in [9.17, 15) is 4.79 Å². The normalized spacial score (nSPS) is 10.5. The summed E-state index contributed by atoms with van der Waals surface area (Å²) in [5.74, 6) is 0.310. The number of aromatic nitrogens is 1. The van der Waals surface area contributed by atoms with Gasteiger partial charge < -0.3 is 15.5 Å². The van der Waals surface area contributed by atoms with Gasteiger partial charge in [0.25, 0.3) is 5.91 Å². The molecule has 0 aliphatic carbocycles. The van der Waals surface area contributed by atoms with Crippen molar-refractivity contribution < 1.29 is 9.21 Å². The lowest BCUT2D eigenvalue weighted by atomic mass is 10.3. The predicted octanol–water partition coefficient (Wildman–Crippen LogP) is 0.271. The molecule has 3 N–H and O–H groups in total. The van der Waals surface area contributed by atoms with E-state index in [2.05, 4.69) is 10.3 Å². The van der Waals surface area contributed by atoms with Crippen LogP contribution in [0.5, 0.6) is 0 Å². The first kappa shape index (κ1) is 9.73. The van der Waals surface area contributed by atoms with Gasteiger partial charge in [-0.1, -0.05) is 0 Å². The van der Waals surface area contributed by atoms with Crippen molar-refractivity contribution in [3.05, 3.63) is 17.8 Å². The number of nitrogens with zero attached hydrogens (tertiary/aromatic N) is 1. The lowest BCUT2D eigenvalue weighted by Crippen LogP contribution is -2.29. The van der Waals surface area contributed by atoms with Crippen LogP contribution in [0.4, 0.5) is 0 Å². The molecular formula is C8H13N3O2. The van der Waals surface area contributed by atoms with Crippen molar-refractivity contribution in [3.8, 4) is 0 Å². The summed E-state index contributed by atoms with van der Waals surface area (Å²) in [5.41, 5.74) is 5.28. The Morgan fingerprint density at radius 2 is 2.46 bits per heavy atom. The van der Waals surface area contributed by atoms with Crippen molar-refractivity contribution in [2.24, 2.45) is 5.73 Å². The molecule has 5 heteroatoms. The summed E-state index contributed by atoms with van der Waals surface area (Å²) in [5, 5.41) is 2.68. The third-order valence-electron chi connectivity index (χ3n) is 1.37. The van der Waals surface area contributed by atoms with Gasteiger partial charge in [-0.15, -0.1) is 0 Å². The monoisotopic (exact) mass is 183 g/mol. The Labute approximate surface area is 76.3 Å². The van der Waals surface area contributed by atoms with Gasteiger partial charge in [0.05, 0.1) is 12.7 Å². The van der Waals surface area contributed by atoms with Gasteiger partial charge >= 0.3 is 0 Å². The van der Waals surface area contributed by atoms with E-state index >= 15 is 0 Å². The summed E-state index contributed by atoms with van der Waals surface area (Å²) in [6.07, 6.45) is 1.37. The lowest BCUT2D eigenvalue weighted by molar-refractivity contribution is 0.0913. The second kappa shape index (κ2) is 4.04. The molecule has 0 atom stereocenters. The van der Waals surface area contributed by atoms with E-state index in [1.165, 1.54) is 6.20 Å². The van der Waals surface area contributed by atoms with Crippen molar-refractivity contribution in [1.29, 1.82) is 0 Å². The Balaban J connectivity index is 2.66. The van der Waals surface area contributed by atoms with Gasteiger partial charge in [0.2, 0.25) is 11.7 Å². The van der Waals surface area contributed by atoms with Crippen molar-refractivity contribution in [2.75, 3.05) is 0 Å². The maximum atomic E-state index is 11.3. The molecule has 5 nitrogen and oxygen atoms in total. The van der Waals surface area contributed by atoms with Crippen molar-refractivity contribution >= 4 is 5.91 Å². The summed E-state index contributed by atoms with van der Waals surface area (Å²) in [6, 6.07) is 0.0823. The summed E-state index contributed by atoms with van der Waals surface area (Å²) in [7, 11) is 0. The largest absolute Gasteiger partial charge is 0.434 e. The highest BCUT2D eigenvalue weighted by Crippen LogP contribution is 2.02. The van der Waals surface area contributed by atoms with Gasteiger partial charge in [-0.25, -0.2) is 4.98 Å². The summed E-state index contributed by atoms with van der Waals surface area (Å²) in [6.45, 7) is 3.95. The van der Waals surface area contributed by atoms with Gasteiger partial charge in [0.15, 0.2) is 0 Å². The number of hydrogen-bond acceptors (Lipinski definition) is 4. The zero-order chi connectivity index (χ0) is 9.84. The molecule has 0 fully saturated rings. The molecule has 0 saturated carbocycles. The molecule has 0 aromatic carbocycles. The molecule has 72 valence electrons. The number of oxazole rings is 1. The molecule has 1 aromatic rings. The fraction of sp³-hybridized carbons (Fsp3) is 0.500. The fourth-order valence-electron chi connectivity index (χ4n) is 0.843. The highest BCUT2D eigenvalue weighted by atomic mass is 16.4. The van der Waals surface area contributed by atoms with Crippen LogP contribution in [-0.4, -0.2) is 16.9 Å². The Bertz CT molecular complexity index is 293. The number of amides is 1. The Hall–Kier alpha value is -1.36. The van der Waals surface area contributed by atoms with Crippen LogP contribution in [-0.2, 0) is 6.54 Å². The first-order valence-electron chi connectivity index (χ1n) is 4.09. The van der Waals surface area contributed by atoms with E-state index in [4.69, 9.17) is 10.2 Å². The third kappa shape index (κ3) is 2.55. The molecule has 0 aliphatic heterocycles. The average Bonchev–Trinajstić information content (AvgIpc) is 2.50. The molecule has 1 heterocycles. The minimum atomic E-state index is -0.262. The lowest BCUT2D eigenvalue weighted by Gasteiger charge is -2.04.